The number of aryl methyl sites for hydroxylation is 1. The number of hydrogen-bond acceptors (Lipinski definition) is 6. The van der Waals surface area contributed by atoms with Crippen molar-refractivity contribution < 1.29 is 9.32 Å². The summed E-state index contributed by atoms with van der Waals surface area (Å²) in [5.41, 5.74) is 0.389. The number of carbonyl (C=O) groups is 1. The summed E-state index contributed by atoms with van der Waals surface area (Å²) < 4.78 is 5.32. The minimum Gasteiger partial charge on any atom is -0.359 e. The lowest BCUT2D eigenvalue weighted by atomic mass is 10.1. The average molecular weight is 356 g/mol. The molecule has 3 aromatic rings. The van der Waals surface area contributed by atoms with E-state index < -0.39 is 5.56 Å². The smallest absolute Gasteiger partial charge is 0.264 e. The molecule has 3 aromatic heterocycles. The Morgan fingerprint density at radius 2 is 2.36 bits per heavy atom. The van der Waals surface area contributed by atoms with Crippen molar-refractivity contribution in [3.8, 4) is 10.7 Å². The van der Waals surface area contributed by atoms with Crippen LogP contribution in [0, 0.1) is 6.92 Å². The Kier molecular flexibility index (Phi) is 3.96. The number of aromatic nitrogens is 3. The van der Waals surface area contributed by atoms with Gasteiger partial charge in [-0.1, -0.05) is 11.2 Å². The molecule has 128 valence electrons. The Morgan fingerprint density at radius 3 is 3.04 bits per heavy atom. The van der Waals surface area contributed by atoms with Gasteiger partial charge < -0.3 is 14.4 Å². The first-order valence-corrected chi connectivity index (χ1v) is 8.89. The summed E-state index contributed by atoms with van der Waals surface area (Å²) in [6.45, 7) is 2.42. The second kappa shape index (κ2) is 6.29. The van der Waals surface area contributed by atoms with Crippen molar-refractivity contribution in [3.63, 3.8) is 0 Å². The molecular weight excluding hydrogens is 340 g/mol. The highest BCUT2D eigenvalue weighted by molar-refractivity contribution is 7.13. The molecule has 7 nitrogen and oxygen atoms in total. The van der Waals surface area contributed by atoms with Crippen LogP contribution in [0.3, 0.4) is 0 Å². The van der Waals surface area contributed by atoms with E-state index in [1.807, 2.05) is 30.5 Å². The zero-order chi connectivity index (χ0) is 17.4. The van der Waals surface area contributed by atoms with Crippen molar-refractivity contribution in [2.24, 2.45) is 0 Å². The molecule has 25 heavy (non-hydrogen) atoms. The number of likely N-dealkylation sites (tertiary alicyclic amines) is 1. The highest BCUT2D eigenvalue weighted by Gasteiger charge is 2.34. The zero-order valence-corrected chi connectivity index (χ0v) is 14.4. The molecule has 1 aliphatic heterocycles. The minimum absolute atomic E-state index is 0.0449. The average Bonchev–Trinajstić information content (AvgIpc) is 3.35. The van der Waals surface area contributed by atoms with E-state index in [0.29, 0.717) is 18.1 Å². The van der Waals surface area contributed by atoms with Crippen molar-refractivity contribution in [2.45, 2.75) is 25.8 Å². The number of nitrogens with one attached hydrogen (secondary N) is 1. The van der Waals surface area contributed by atoms with Gasteiger partial charge in [0.2, 0.25) is 0 Å². The molecule has 0 bridgehead atoms. The molecule has 0 unspecified atom stereocenters. The first kappa shape index (κ1) is 15.8. The molecule has 4 heterocycles. The molecule has 1 amide bonds. The Bertz CT molecular complexity index is 960. The van der Waals surface area contributed by atoms with Gasteiger partial charge in [-0.25, -0.2) is 4.98 Å². The summed E-state index contributed by atoms with van der Waals surface area (Å²) in [5, 5.41) is 5.80. The molecule has 4 rings (SSSR count). The summed E-state index contributed by atoms with van der Waals surface area (Å²) in [6, 6.07) is 5.39. The van der Waals surface area contributed by atoms with Crippen LogP contribution in [-0.4, -0.2) is 32.5 Å². The Morgan fingerprint density at radius 1 is 1.48 bits per heavy atom. The summed E-state index contributed by atoms with van der Waals surface area (Å²) in [7, 11) is 0. The van der Waals surface area contributed by atoms with E-state index in [-0.39, 0.29) is 17.5 Å². The summed E-state index contributed by atoms with van der Waals surface area (Å²) >= 11 is 1.48. The normalized spacial score (nSPS) is 17.2. The van der Waals surface area contributed by atoms with Gasteiger partial charge in [-0.3, -0.25) is 9.59 Å². The van der Waals surface area contributed by atoms with E-state index in [1.54, 1.807) is 4.90 Å². The maximum Gasteiger partial charge on any atom is 0.264 e. The molecule has 0 spiro atoms. The van der Waals surface area contributed by atoms with Crippen LogP contribution in [0.15, 0.2) is 39.1 Å². The molecule has 1 N–H and O–H groups in total. The number of amides is 1. The van der Waals surface area contributed by atoms with Crippen LogP contribution in [0.1, 0.15) is 40.7 Å². The lowest BCUT2D eigenvalue weighted by molar-refractivity contribution is 0.0712. The quantitative estimate of drug-likeness (QED) is 0.779. The number of H-pyrrole nitrogens is 1. The highest BCUT2D eigenvalue weighted by atomic mass is 32.1. The summed E-state index contributed by atoms with van der Waals surface area (Å²) in [4.78, 5) is 34.7. The Labute approximate surface area is 147 Å². The maximum absolute atomic E-state index is 12.9. The number of thiophene rings is 1. The van der Waals surface area contributed by atoms with E-state index in [2.05, 4.69) is 15.1 Å². The second-order valence-corrected chi connectivity index (χ2v) is 6.93. The van der Waals surface area contributed by atoms with Crippen LogP contribution >= 0.6 is 11.3 Å². The number of carbonyl (C=O) groups excluding carboxylic acids is 1. The first-order chi connectivity index (χ1) is 12.1. The van der Waals surface area contributed by atoms with Gasteiger partial charge in [0, 0.05) is 18.8 Å². The number of nitrogens with zero attached hydrogens (tertiary/aromatic N) is 3. The number of hydrogen-bond donors (Lipinski definition) is 1. The molecule has 8 heteroatoms. The number of rotatable bonds is 3. The first-order valence-electron chi connectivity index (χ1n) is 8.01. The van der Waals surface area contributed by atoms with E-state index in [4.69, 9.17) is 4.52 Å². The third-order valence-corrected chi connectivity index (χ3v) is 5.15. The molecule has 0 saturated carbocycles. The van der Waals surface area contributed by atoms with Crippen molar-refractivity contribution >= 4 is 17.2 Å². The molecule has 1 aliphatic rings. The molecule has 1 saturated heterocycles. The fourth-order valence-electron chi connectivity index (χ4n) is 3.09. The van der Waals surface area contributed by atoms with Gasteiger partial charge in [0.05, 0.1) is 16.6 Å². The van der Waals surface area contributed by atoms with Gasteiger partial charge in [0.15, 0.2) is 5.76 Å². The summed E-state index contributed by atoms with van der Waals surface area (Å²) in [6.07, 6.45) is 3.00. The minimum atomic E-state index is -0.428. The Balaban J connectivity index is 1.63. The lowest BCUT2D eigenvalue weighted by Gasteiger charge is -2.22. The molecular formula is C17H16N4O3S. The van der Waals surface area contributed by atoms with E-state index >= 15 is 0 Å². The molecule has 0 aliphatic carbocycles. The zero-order valence-electron chi connectivity index (χ0n) is 13.6. The van der Waals surface area contributed by atoms with Gasteiger partial charge in [0.25, 0.3) is 11.5 Å². The monoisotopic (exact) mass is 356 g/mol. The SMILES string of the molecule is Cc1cc([C@@H]2CCCN2C(=O)c2cnc(-c3cccs3)[nH]c2=O)on1. The second-order valence-electron chi connectivity index (χ2n) is 5.98. The number of aromatic amines is 1. The van der Waals surface area contributed by atoms with Crippen molar-refractivity contribution in [2.75, 3.05) is 6.54 Å². The van der Waals surface area contributed by atoms with Gasteiger partial charge >= 0.3 is 0 Å². The van der Waals surface area contributed by atoms with Crippen molar-refractivity contribution in [3.05, 3.63) is 57.1 Å². The standard InChI is InChI=1S/C17H16N4O3S/c1-10-8-13(24-20-10)12-4-2-6-21(12)17(23)11-9-18-15(19-16(11)22)14-5-3-7-25-14/h3,5,7-9,12H,2,4,6H2,1H3,(H,18,19,22)/t12-/m0/s1. The van der Waals surface area contributed by atoms with Gasteiger partial charge in [-0.15, -0.1) is 11.3 Å². The lowest BCUT2D eigenvalue weighted by Crippen LogP contribution is -2.34. The fourth-order valence-corrected chi connectivity index (χ4v) is 3.76. The van der Waals surface area contributed by atoms with Gasteiger partial charge in [-0.2, -0.15) is 0 Å². The van der Waals surface area contributed by atoms with E-state index in [0.717, 1.165) is 23.4 Å². The summed E-state index contributed by atoms with van der Waals surface area (Å²) in [5.74, 6) is 0.798. The predicted molar refractivity (Wildman–Crippen MR) is 92.4 cm³/mol. The van der Waals surface area contributed by atoms with Gasteiger partial charge in [-0.05, 0) is 31.2 Å². The maximum atomic E-state index is 12.9. The van der Waals surface area contributed by atoms with Crippen LogP contribution in [0.2, 0.25) is 0 Å². The molecule has 1 atom stereocenters. The van der Waals surface area contributed by atoms with Crippen LogP contribution in [0.4, 0.5) is 0 Å². The molecule has 0 aromatic carbocycles. The molecule has 0 radical (unpaired) electrons. The van der Waals surface area contributed by atoms with Crippen LogP contribution in [0.25, 0.3) is 10.7 Å². The topological polar surface area (TPSA) is 92.1 Å². The van der Waals surface area contributed by atoms with Crippen LogP contribution in [-0.2, 0) is 0 Å². The predicted octanol–water partition coefficient (Wildman–Crippen LogP) is 2.77. The molecule has 1 fully saturated rings. The Hall–Kier alpha value is -2.74. The van der Waals surface area contributed by atoms with E-state index in [9.17, 15) is 9.59 Å². The van der Waals surface area contributed by atoms with E-state index in [1.165, 1.54) is 17.5 Å². The van der Waals surface area contributed by atoms with Crippen molar-refractivity contribution in [1.82, 2.24) is 20.0 Å². The van der Waals surface area contributed by atoms with Crippen molar-refractivity contribution in [1.29, 1.82) is 0 Å². The third kappa shape index (κ3) is 2.89. The van der Waals surface area contributed by atoms with Crippen LogP contribution in [0.5, 0.6) is 0 Å². The fraction of sp³-hybridized carbons (Fsp3) is 0.294. The highest BCUT2D eigenvalue weighted by Crippen LogP contribution is 2.33. The third-order valence-electron chi connectivity index (χ3n) is 4.27. The van der Waals surface area contributed by atoms with Crippen LogP contribution < -0.4 is 5.56 Å². The largest absolute Gasteiger partial charge is 0.359 e. The van der Waals surface area contributed by atoms with Gasteiger partial charge in [0.1, 0.15) is 11.4 Å².